The van der Waals surface area contributed by atoms with Gasteiger partial charge >= 0.3 is 0 Å². The van der Waals surface area contributed by atoms with Crippen LogP contribution in [-0.2, 0) is 0 Å². The summed E-state index contributed by atoms with van der Waals surface area (Å²) in [6.45, 7) is 3.77. The first kappa shape index (κ1) is 12.9. The van der Waals surface area contributed by atoms with Crippen LogP contribution in [0.1, 0.15) is 28.8 Å². The third-order valence-electron chi connectivity index (χ3n) is 3.52. The number of nitrogens with one attached hydrogen (secondary N) is 1. The van der Waals surface area contributed by atoms with Crippen LogP contribution in [0.5, 0.6) is 5.75 Å². The SMILES string of the molecule is Cc1ccc(O)c(C(=O)N(C)C2CCCNC2)c1. The highest BCUT2D eigenvalue weighted by molar-refractivity contribution is 5.97. The minimum atomic E-state index is -0.107. The Kier molecular flexibility index (Phi) is 3.87. The van der Waals surface area contributed by atoms with Crippen LogP contribution in [0.4, 0.5) is 0 Å². The minimum absolute atomic E-state index is 0.0567. The van der Waals surface area contributed by atoms with Gasteiger partial charge in [-0.2, -0.15) is 0 Å². The van der Waals surface area contributed by atoms with Gasteiger partial charge in [0.25, 0.3) is 5.91 Å². The van der Waals surface area contributed by atoms with Crippen LogP contribution >= 0.6 is 0 Å². The van der Waals surface area contributed by atoms with Gasteiger partial charge in [-0.15, -0.1) is 0 Å². The fourth-order valence-corrected chi connectivity index (χ4v) is 2.34. The Bertz CT molecular complexity index is 439. The van der Waals surface area contributed by atoms with E-state index >= 15 is 0 Å². The van der Waals surface area contributed by atoms with E-state index in [1.165, 1.54) is 0 Å². The number of rotatable bonds is 2. The lowest BCUT2D eigenvalue weighted by molar-refractivity contribution is 0.0705. The van der Waals surface area contributed by atoms with E-state index < -0.39 is 0 Å². The van der Waals surface area contributed by atoms with Crippen LogP contribution in [-0.4, -0.2) is 42.1 Å². The van der Waals surface area contributed by atoms with Crippen molar-refractivity contribution in [1.82, 2.24) is 10.2 Å². The first-order valence-corrected chi connectivity index (χ1v) is 6.37. The smallest absolute Gasteiger partial charge is 0.257 e. The molecule has 4 heteroatoms. The van der Waals surface area contributed by atoms with E-state index in [2.05, 4.69) is 5.32 Å². The number of nitrogens with zero attached hydrogens (tertiary/aromatic N) is 1. The number of aromatic hydroxyl groups is 1. The number of piperidine rings is 1. The quantitative estimate of drug-likeness (QED) is 0.834. The van der Waals surface area contributed by atoms with Gasteiger partial charge in [-0.25, -0.2) is 0 Å². The highest BCUT2D eigenvalue weighted by Gasteiger charge is 2.24. The van der Waals surface area contributed by atoms with Crippen molar-refractivity contribution in [2.24, 2.45) is 0 Å². The number of likely N-dealkylation sites (N-methyl/N-ethyl adjacent to an activating group) is 1. The lowest BCUT2D eigenvalue weighted by Gasteiger charge is -2.32. The van der Waals surface area contributed by atoms with Gasteiger partial charge in [-0.1, -0.05) is 11.6 Å². The number of hydrogen-bond donors (Lipinski definition) is 2. The van der Waals surface area contributed by atoms with Gasteiger partial charge in [-0.3, -0.25) is 4.79 Å². The summed E-state index contributed by atoms with van der Waals surface area (Å²) in [4.78, 5) is 14.1. The molecule has 0 saturated carbocycles. The number of phenolic OH excluding ortho intramolecular Hbond substituents is 1. The monoisotopic (exact) mass is 248 g/mol. The fourth-order valence-electron chi connectivity index (χ4n) is 2.34. The summed E-state index contributed by atoms with van der Waals surface area (Å²) in [6, 6.07) is 5.33. The van der Waals surface area contributed by atoms with Crippen molar-refractivity contribution in [3.05, 3.63) is 29.3 Å². The number of benzene rings is 1. The van der Waals surface area contributed by atoms with Crippen molar-refractivity contribution in [1.29, 1.82) is 0 Å². The van der Waals surface area contributed by atoms with Crippen LogP contribution in [0.2, 0.25) is 0 Å². The second-order valence-electron chi connectivity index (χ2n) is 4.94. The molecule has 0 bridgehead atoms. The van der Waals surface area contributed by atoms with Gasteiger partial charge < -0.3 is 15.3 Å². The van der Waals surface area contributed by atoms with Gasteiger partial charge in [0.05, 0.1) is 5.56 Å². The molecule has 1 atom stereocenters. The minimum Gasteiger partial charge on any atom is -0.507 e. The van der Waals surface area contributed by atoms with Crippen LogP contribution in [0.15, 0.2) is 18.2 Å². The molecular formula is C14H20N2O2. The Hall–Kier alpha value is -1.55. The van der Waals surface area contributed by atoms with Crippen molar-refractivity contribution in [3.63, 3.8) is 0 Å². The number of carbonyl (C=O) groups is 1. The zero-order valence-electron chi connectivity index (χ0n) is 10.9. The molecule has 0 aliphatic carbocycles. The van der Waals surface area contributed by atoms with Gasteiger partial charge in [0.1, 0.15) is 5.75 Å². The zero-order chi connectivity index (χ0) is 13.1. The van der Waals surface area contributed by atoms with Crippen LogP contribution in [0.25, 0.3) is 0 Å². The first-order chi connectivity index (χ1) is 8.59. The topological polar surface area (TPSA) is 52.6 Å². The van der Waals surface area contributed by atoms with Crippen molar-refractivity contribution in [3.8, 4) is 5.75 Å². The molecule has 1 aromatic rings. The molecule has 4 nitrogen and oxygen atoms in total. The Morgan fingerprint density at radius 3 is 2.94 bits per heavy atom. The van der Waals surface area contributed by atoms with E-state index in [4.69, 9.17) is 0 Å². The summed E-state index contributed by atoms with van der Waals surface area (Å²) >= 11 is 0. The molecule has 98 valence electrons. The second-order valence-corrected chi connectivity index (χ2v) is 4.94. The lowest BCUT2D eigenvalue weighted by atomic mass is 10.0. The zero-order valence-corrected chi connectivity index (χ0v) is 10.9. The van der Waals surface area contributed by atoms with Crippen LogP contribution in [0, 0.1) is 6.92 Å². The summed E-state index contributed by atoms with van der Waals surface area (Å²) < 4.78 is 0. The third-order valence-corrected chi connectivity index (χ3v) is 3.52. The molecule has 18 heavy (non-hydrogen) atoms. The van der Waals surface area contributed by atoms with E-state index in [1.807, 2.05) is 14.0 Å². The maximum Gasteiger partial charge on any atom is 0.257 e. The molecule has 0 aromatic heterocycles. The molecular weight excluding hydrogens is 228 g/mol. The number of carbonyl (C=O) groups excluding carboxylic acids is 1. The van der Waals surface area contributed by atoms with Gasteiger partial charge in [-0.05, 0) is 38.4 Å². The van der Waals surface area contributed by atoms with Crippen LogP contribution < -0.4 is 5.32 Å². The van der Waals surface area contributed by atoms with E-state index in [0.29, 0.717) is 5.56 Å². The predicted octanol–water partition coefficient (Wildman–Crippen LogP) is 1.52. The molecule has 1 aliphatic heterocycles. The lowest BCUT2D eigenvalue weighted by Crippen LogP contribution is -2.46. The molecule has 1 fully saturated rings. The number of hydrogen-bond acceptors (Lipinski definition) is 3. The summed E-state index contributed by atoms with van der Waals surface area (Å²) in [5, 5.41) is 13.1. The van der Waals surface area contributed by atoms with Gasteiger partial charge in [0, 0.05) is 19.6 Å². The standard InChI is InChI=1S/C14H20N2O2/c1-10-5-6-13(17)12(8-10)14(18)16(2)11-4-3-7-15-9-11/h5-6,8,11,15,17H,3-4,7,9H2,1-2H3. The number of aryl methyl sites for hydroxylation is 1. The van der Waals surface area contributed by atoms with E-state index in [0.717, 1.165) is 31.5 Å². The Morgan fingerprint density at radius 2 is 2.28 bits per heavy atom. The Morgan fingerprint density at radius 1 is 1.50 bits per heavy atom. The molecule has 0 spiro atoms. The average Bonchev–Trinajstić information content (AvgIpc) is 2.41. The van der Waals surface area contributed by atoms with Gasteiger partial charge in [0.15, 0.2) is 0 Å². The molecule has 1 amide bonds. The molecule has 1 aliphatic rings. The predicted molar refractivity (Wildman–Crippen MR) is 70.8 cm³/mol. The van der Waals surface area contributed by atoms with E-state index in [9.17, 15) is 9.90 Å². The Balaban J connectivity index is 2.16. The molecule has 1 saturated heterocycles. The molecule has 1 unspecified atom stereocenters. The van der Waals surface area contributed by atoms with Crippen LogP contribution in [0.3, 0.4) is 0 Å². The average molecular weight is 248 g/mol. The Labute approximate surface area is 108 Å². The molecule has 2 rings (SSSR count). The number of amides is 1. The summed E-state index contributed by atoms with van der Waals surface area (Å²) in [6.07, 6.45) is 2.10. The van der Waals surface area contributed by atoms with E-state index in [-0.39, 0.29) is 17.7 Å². The molecule has 0 radical (unpaired) electrons. The molecule has 1 aromatic carbocycles. The van der Waals surface area contributed by atoms with Crippen molar-refractivity contribution < 1.29 is 9.90 Å². The summed E-state index contributed by atoms with van der Waals surface area (Å²) in [5.74, 6) is -0.0499. The molecule has 1 heterocycles. The second kappa shape index (κ2) is 5.40. The van der Waals surface area contributed by atoms with Gasteiger partial charge in [0.2, 0.25) is 0 Å². The number of phenols is 1. The molecule has 2 N–H and O–H groups in total. The normalized spacial score (nSPS) is 19.6. The fraction of sp³-hybridized carbons (Fsp3) is 0.500. The highest BCUT2D eigenvalue weighted by atomic mass is 16.3. The van der Waals surface area contributed by atoms with Crippen molar-refractivity contribution >= 4 is 5.91 Å². The van der Waals surface area contributed by atoms with Crippen molar-refractivity contribution in [2.75, 3.05) is 20.1 Å². The highest BCUT2D eigenvalue weighted by Crippen LogP contribution is 2.21. The summed E-state index contributed by atoms with van der Waals surface area (Å²) in [7, 11) is 1.81. The van der Waals surface area contributed by atoms with E-state index in [1.54, 1.807) is 23.1 Å². The summed E-state index contributed by atoms with van der Waals surface area (Å²) in [5.41, 5.74) is 1.37. The maximum atomic E-state index is 12.4. The third kappa shape index (κ3) is 2.64. The van der Waals surface area contributed by atoms with Crippen molar-refractivity contribution in [2.45, 2.75) is 25.8 Å². The largest absolute Gasteiger partial charge is 0.507 e. The first-order valence-electron chi connectivity index (χ1n) is 6.37. The maximum absolute atomic E-state index is 12.4.